The molecule has 0 aliphatic rings. The Morgan fingerprint density at radius 3 is 2.56 bits per heavy atom. The number of hydrogen-bond acceptors (Lipinski definition) is 2. The van der Waals surface area contributed by atoms with E-state index in [9.17, 15) is 0 Å². The van der Waals surface area contributed by atoms with Crippen molar-refractivity contribution < 1.29 is 0 Å². The van der Waals surface area contributed by atoms with Crippen molar-refractivity contribution in [3.63, 3.8) is 0 Å². The minimum Gasteiger partial charge on any atom is -0.343 e. The minimum atomic E-state index is 0.580. The van der Waals surface area contributed by atoms with E-state index in [-0.39, 0.29) is 0 Å². The van der Waals surface area contributed by atoms with Crippen molar-refractivity contribution in [2.24, 2.45) is 5.92 Å². The Balaban J connectivity index is 2.41. The lowest BCUT2D eigenvalue weighted by molar-refractivity contribution is 0.634. The monoisotopic (exact) mass is 278 g/mol. The fourth-order valence-corrected chi connectivity index (χ4v) is 2.16. The van der Waals surface area contributed by atoms with Gasteiger partial charge >= 0.3 is 0 Å². The summed E-state index contributed by atoms with van der Waals surface area (Å²) in [6.45, 7) is 4.36. The third kappa shape index (κ3) is 3.40. The topological polar surface area (TPSA) is 28.7 Å². The van der Waals surface area contributed by atoms with Gasteiger partial charge in [0.2, 0.25) is 0 Å². The van der Waals surface area contributed by atoms with Gasteiger partial charge in [-0.1, -0.05) is 37.7 Å². The molecule has 1 aromatic carbocycles. The Labute approximate surface area is 117 Å². The van der Waals surface area contributed by atoms with Crippen LogP contribution in [-0.4, -0.2) is 9.97 Å². The van der Waals surface area contributed by atoms with Crippen molar-refractivity contribution in [3.8, 4) is 11.4 Å². The summed E-state index contributed by atoms with van der Waals surface area (Å²) in [5.74, 6) is 1.38. The van der Waals surface area contributed by atoms with Crippen molar-refractivity contribution >= 4 is 23.8 Å². The fourth-order valence-electron chi connectivity index (χ4n) is 1.80. The van der Waals surface area contributed by atoms with Gasteiger partial charge < -0.3 is 4.98 Å². The van der Waals surface area contributed by atoms with Crippen LogP contribution in [0.2, 0.25) is 5.02 Å². The lowest BCUT2D eigenvalue weighted by atomic mass is 10.1. The molecule has 4 heteroatoms. The van der Waals surface area contributed by atoms with Crippen LogP contribution in [0, 0.1) is 10.6 Å². The van der Waals surface area contributed by atoms with E-state index in [4.69, 9.17) is 23.8 Å². The molecule has 0 saturated carbocycles. The average molecular weight is 279 g/mol. The molecular weight excluding hydrogens is 264 g/mol. The summed E-state index contributed by atoms with van der Waals surface area (Å²) in [7, 11) is 0. The van der Waals surface area contributed by atoms with E-state index >= 15 is 0 Å². The summed E-state index contributed by atoms with van der Waals surface area (Å²) < 4.78 is 0.620. The van der Waals surface area contributed by atoms with Gasteiger partial charge in [0.1, 0.15) is 10.5 Å². The predicted molar refractivity (Wildman–Crippen MR) is 78.4 cm³/mol. The van der Waals surface area contributed by atoms with E-state index in [1.165, 1.54) is 0 Å². The lowest BCUT2D eigenvalue weighted by Gasteiger charge is -2.08. The maximum Gasteiger partial charge on any atom is 0.139 e. The van der Waals surface area contributed by atoms with Gasteiger partial charge in [-0.2, -0.15) is 0 Å². The summed E-state index contributed by atoms with van der Waals surface area (Å²) >= 11 is 11.1. The third-order valence-electron chi connectivity index (χ3n) is 2.54. The number of halogens is 1. The van der Waals surface area contributed by atoms with Crippen molar-refractivity contribution in [1.29, 1.82) is 0 Å². The number of aromatic nitrogens is 2. The van der Waals surface area contributed by atoms with Crippen molar-refractivity contribution in [2.75, 3.05) is 0 Å². The van der Waals surface area contributed by atoms with Crippen molar-refractivity contribution in [1.82, 2.24) is 9.97 Å². The van der Waals surface area contributed by atoms with E-state index in [1.807, 2.05) is 30.3 Å². The van der Waals surface area contributed by atoms with E-state index in [0.29, 0.717) is 10.6 Å². The maximum absolute atomic E-state index is 5.88. The van der Waals surface area contributed by atoms with Crippen LogP contribution in [0.1, 0.15) is 19.5 Å². The Morgan fingerprint density at radius 1 is 1.28 bits per heavy atom. The molecule has 0 aliphatic carbocycles. The molecule has 0 atom stereocenters. The molecule has 1 N–H and O–H groups in total. The number of nitrogens with one attached hydrogen (secondary N) is 1. The SMILES string of the molecule is CC(C)Cc1cc(=S)nc(-c2ccc(Cl)cc2)[nH]1. The van der Waals surface area contributed by atoms with Gasteiger partial charge in [0, 0.05) is 16.3 Å². The highest BCUT2D eigenvalue weighted by Gasteiger charge is 2.04. The molecular formula is C14H15ClN2S. The lowest BCUT2D eigenvalue weighted by Crippen LogP contribution is -2.00. The smallest absolute Gasteiger partial charge is 0.139 e. The largest absolute Gasteiger partial charge is 0.343 e. The molecule has 1 aromatic heterocycles. The third-order valence-corrected chi connectivity index (χ3v) is 3.01. The average Bonchev–Trinajstić information content (AvgIpc) is 2.28. The second-order valence-corrected chi connectivity index (χ2v) is 5.55. The quantitative estimate of drug-likeness (QED) is 0.828. The summed E-state index contributed by atoms with van der Waals surface area (Å²) in [6, 6.07) is 9.51. The molecule has 0 aliphatic heterocycles. The number of H-pyrrole nitrogens is 1. The summed E-state index contributed by atoms with van der Waals surface area (Å²) in [5, 5.41) is 0.718. The van der Waals surface area contributed by atoms with E-state index < -0.39 is 0 Å². The van der Waals surface area contributed by atoms with Gasteiger partial charge in [-0.15, -0.1) is 0 Å². The van der Waals surface area contributed by atoms with Crippen LogP contribution in [0.3, 0.4) is 0 Å². The Kier molecular flexibility index (Phi) is 4.15. The first kappa shape index (κ1) is 13.2. The van der Waals surface area contributed by atoms with Crippen LogP contribution in [-0.2, 0) is 6.42 Å². The van der Waals surface area contributed by atoms with Crippen LogP contribution < -0.4 is 0 Å². The zero-order valence-electron chi connectivity index (χ0n) is 10.4. The number of benzene rings is 1. The number of rotatable bonds is 3. The molecule has 2 rings (SSSR count). The molecule has 0 fully saturated rings. The highest BCUT2D eigenvalue weighted by atomic mass is 35.5. The van der Waals surface area contributed by atoms with E-state index in [2.05, 4.69) is 23.8 Å². The van der Waals surface area contributed by atoms with Gasteiger partial charge in [0.25, 0.3) is 0 Å². The molecule has 2 aromatic rings. The standard InChI is InChI=1S/C14H15ClN2S/c1-9(2)7-12-8-13(18)17-14(16-12)10-3-5-11(15)6-4-10/h3-6,8-9H,7H2,1-2H3,(H,16,17,18). The minimum absolute atomic E-state index is 0.580. The first-order chi connectivity index (χ1) is 8.54. The molecule has 0 amide bonds. The molecule has 18 heavy (non-hydrogen) atoms. The van der Waals surface area contributed by atoms with Gasteiger partial charge in [0.15, 0.2) is 0 Å². The highest BCUT2D eigenvalue weighted by molar-refractivity contribution is 7.71. The first-order valence-electron chi connectivity index (χ1n) is 5.91. The normalized spacial score (nSPS) is 10.9. The molecule has 0 bridgehead atoms. The zero-order chi connectivity index (χ0) is 13.1. The Hall–Kier alpha value is -1.19. The van der Waals surface area contributed by atoms with Gasteiger partial charge in [-0.05, 0) is 42.7 Å². The summed E-state index contributed by atoms with van der Waals surface area (Å²) in [4.78, 5) is 7.69. The highest BCUT2D eigenvalue weighted by Crippen LogP contribution is 2.19. The first-order valence-corrected chi connectivity index (χ1v) is 6.69. The predicted octanol–water partition coefficient (Wildman–Crippen LogP) is 4.66. The second kappa shape index (κ2) is 5.63. The molecule has 0 unspecified atom stereocenters. The Morgan fingerprint density at radius 2 is 1.94 bits per heavy atom. The molecule has 0 saturated heterocycles. The van der Waals surface area contributed by atoms with Crippen LogP contribution in [0.25, 0.3) is 11.4 Å². The van der Waals surface area contributed by atoms with Gasteiger partial charge in [0.05, 0.1) is 0 Å². The zero-order valence-corrected chi connectivity index (χ0v) is 12.0. The molecule has 0 radical (unpaired) electrons. The van der Waals surface area contributed by atoms with Gasteiger partial charge in [-0.25, -0.2) is 4.98 Å². The van der Waals surface area contributed by atoms with Crippen molar-refractivity contribution in [3.05, 3.63) is 45.7 Å². The second-order valence-electron chi connectivity index (χ2n) is 4.70. The van der Waals surface area contributed by atoms with Crippen molar-refractivity contribution in [2.45, 2.75) is 20.3 Å². The van der Waals surface area contributed by atoms with Gasteiger partial charge in [-0.3, -0.25) is 0 Å². The number of aromatic amines is 1. The molecule has 0 spiro atoms. The van der Waals surface area contributed by atoms with E-state index in [0.717, 1.165) is 28.5 Å². The van der Waals surface area contributed by atoms with E-state index in [1.54, 1.807) is 0 Å². The fraction of sp³-hybridized carbons (Fsp3) is 0.286. The molecule has 1 heterocycles. The number of nitrogens with zero attached hydrogens (tertiary/aromatic N) is 1. The molecule has 2 nitrogen and oxygen atoms in total. The van der Waals surface area contributed by atoms with Crippen LogP contribution in [0.5, 0.6) is 0 Å². The summed E-state index contributed by atoms with van der Waals surface area (Å²) in [6.07, 6.45) is 0.965. The Bertz CT molecular complexity index is 587. The van der Waals surface area contributed by atoms with Crippen LogP contribution >= 0.6 is 23.8 Å². The summed E-state index contributed by atoms with van der Waals surface area (Å²) in [5.41, 5.74) is 2.12. The van der Waals surface area contributed by atoms with Crippen LogP contribution in [0.15, 0.2) is 30.3 Å². The number of hydrogen-bond donors (Lipinski definition) is 1. The maximum atomic E-state index is 5.88. The molecule has 94 valence electrons. The van der Waals surface area contributed by atoms with Crippen LogP contribution in [0.4, 0.5) is 0 Å².